The lowest BCUT2D eigenvalue weighted by molar-refractivity contribution is -0.123. The molecule has 2 fully saturated rings. The largest absolute Gasteiger partial charge is 0.376 e. The van der Waals surface area contributed by atoms with Gasteiger partial charge in [-0.3, -0.25) is 4.79 Å². The molecule has 3 aliphatic rings. The average molecular weight is 358 g/mol. The van der Waals surface area contributed by atoms with Crippen molar-refractivity contribution >= 4 is 11.7 Å². The zero-order valence-corrected chi connectivity index (χ0v) is 14.8. The normalized spacial score (nSPS) is 21.6. The maximum atomic E-state index is 15.0. The van der Waals surface area contributed by atoms with Crippen molar-refractivity contribution in [1.82, 2.24) is 10.3 Å². The molecule has 138 valence electrons. The van der Waals surface area contributed by atoms with Gasteiger partial charge >= 0.3 is 0 Å². The molecule has 7 heteroatoms. The van der Waals surface area contributed by atoms with Crippen molar-refractivity contribution in [3.8, 4) is 6.07 Å². The molecule has 1 aliphatic carbocycles. The van der Waals surface area contributed by atoms with Gasteiger partial charge in [0.05, 0.1) is 31.0 Å². The predicted molar refractivity (Wildman–Crippen MR) is 93.3 cm³/mol. The number of alkyl halides is 1. The Morgan fingerprint density at radius 3 is 2.92 bits per heavy atom. The minimum Gasteiger partial charge on any atom is -0.376 e. The summed E-state index contributed by atoms with van der Waals surface area (Å²) in [6, 6.07) is 4.06. The zero-order valence-electron chi connectivity index (χ0n) is 14.8. The molecule has 6 nitrogen and oxygen atoms in total. The number of hydrogen-bond donors (Lipinski definition) is 1. The van der Waals surface area contributed by atoms with Crippen LogP contribution in [-0.4, -0.2) is 42.8 Å². The molecule has 1 aromatic rings. The second-order valence-corrected chi connectivity index (χ2v) is 7.51. The smallest absolute Gasteiger partial charge is 0.223 e. The van der Waals surface area contributed by atoms with E-state index in [9.17, 15) is 10.1 Å². The van der Waals surface area contributed by atoms with E-state index in [0.29, 0.717) is 50.5 Å². The summed E-state index contributed by atoms with van der Waals surface area (Å²) in [5.74, 6) is 0.729. The number of fused-ring (bicyclic) bond motifs is 1. The van der Waals surface area contributed by atoms with Crippen LogP contribution < -0.4 is 10.2 Å². The molecule has 2 aliphatic heterocycles. The summed E-state index contributed by atoms with van der Waals surface area (Å²) in [6.07, 6.45) is 3.23. The van der Waals surface area contributed by atoms with Gasteiger partial charge in [0, 0.05) is 43.8 Å². The summed E-state index contributed by atoms with van der Waals surface area (Å²) in [4.78, 5) is 18.4. The fourth-order valence-corrected chi connectivity index (χ4v) is 3.63. The van der Waals surface area contributed by atoms with Crippen LogP contribution in [0.2, 0.25) is 0 Å². The number of nitrogens with zero attached hydrogens (tertiary/aromatic N) is 3. The van der Waals surface area contributed by atoms with Crippen molar-refractivity contribution < 1.29 is 13.9 Å². The molecule has 4 rings (SSSR count). The van der Waals surface area contributed by atoms with Crippen molar-refractivity contribution in [2.45, 2.75) is 44.4 Å². The van der Waals surface area contributed by atoms with Crippen LogP contribution in [0.3, 0.4) is 0 Å². The van der Waals surface area contributed by atoms with Gasteiger partial charge in [-0.15, -0.1) is 0 Å². The number of nitriles is 1. The van der Waals surface area contributed by atoms with E-state index >= 15 is 4.39 Å². The van der Waals surface area contributed by atoms with Crippen LogP contribution in [0.5, 0.6) is 0 Å². The minimum atomic E-state index is -1.38. The van der Waals surface area contributed by atoms with Crippen molar-refractivity contribution in [2.24, 2.45) is 5.92 Å². The molecular weight excluding hydrogens is 335 g/mol. The number of carbonyl (C=O) groups excluding carboxylic acids is 1. The second-order valence-electron chi connectivity index (χ2n) is 7.51. The van der Waals surface area contributed by atoms with E-state index < -0.39 is 5.67 Å². The Balaban J connectivity index is 1.42. The second kappa shape index (κ2) is 6.84. The topological polar surface area (TPSA) is 78.3 Å². The molecule has 1 N–H and O–H groups in total. The molecule has 0 unspecified atom stereocenters. The van der Waals surface area contributed by atoms with Crippen LogP contribution >= 0.6 is 0 Å². The lowest BCUT2D eigenvalue weighted by Gasteiger charge is -2.37. The van der Waals surface area contributed by atoms with E-state index in [4.69, 9.17) is 9.72 Å². The van der Waals surface area contributed by atoms with Crippen LogP contribution in [0.15, 0.2) is 6.07 Å². The number of carbonyl (C=O) groups is 1. The van der Waals surface area contributed by atoms with E-state index in [1.807, 2.05) is 11.0 Å². The molecule has 0 radical (unpaired) electrons. The Bertz CT molecular complexity index is 749. The molecular formula is C19H23FN4O2. The third-order valence-corrected chi connectivity index (χ3v) is 5.52. The third kappa shape index (κ3) is 3.51. The highest BCUT2D eigenvalue weighted by Gasteiger charge is 2.38. The number of pyridine rings is 1. The molecule has 1 saturated heterocycles. The van der Waals surface area contributed by atoms with Crippen LogP contribution in [0, 0.1) is 17.2 Å². The van der Waals surface area contributed by atoms with Gasteiger partial charge in [-0.1, -0.05) is 0 Å². The molecule has 0 aromatic carbocycles. The lowest BCUT2D eigenvalue weighted by Crippen LogP contribution is -2.49. The number of ether oxygens (including phenoxy) is 1. The molecule has 0 atom stereocenters. The third-order valence-electron chi connectivity index (χ3n) is 5.52. The van der Waals surface area contributed by atoms with Crippen molar-refractivity contribution in [3.05, 3.63) is 22.9 Å². The zero-order chi connectivity index (χ0) is 18.1. The van der Waals surface area contributed by atoms with Crippen LogP contribution in [0.25, 0.3) is 0 Å². The van der Waals surface area contributed by atoms with E-state index in [1.54, 1.807) is 0 Å². The number of piperidine rings is 1. The van der Waals surface area contributed by atoms with Gasteiger partial charge in [-0.25, -0.2) is 9.37 Å². The van der Waals surface area contributed by atoms with Crippen LogP contribution in [-0.2, 0) is 22.6 Å². The quantitative estimate of drug-likeness (QED) is 0.889. The van der Waals surface area contributed by atoms with E-state index in [0.717, 1.165) is 30.5 Å². The first-order valence-corrected chi connectivity index (χ1v) is 9.30. The summed E-state index contributed by atoms with van der Waals surface area (Å²) in [6.45, 7) is 2.20. The highest BCUT2D eigenvalue weighted by molar-refractivity contribution is 5.80. The molecule has 0 spiro atoms. The standard InChI is InChI=1S/C19H23FN4O2/c20-19(12-22-18(25)13-1-2-13)4-6-24(7-5-19)17-14(10-21)9-15-11-26-8-3-16(15)23-17/h9,13H,1-8,11-12H2,(H,22,25). The van der Waals surface area contributed by atoms with Gasteiger partial charge in [0.15, 0.2) is 0 Å². The lowest BCUT2D eigenvalue weighted by atomic mass is 9.92. The number of amides is 1. The molecule has 1 aromatic heterocycles. The highest BCUT2D eigenvalue weighted by atomic mass is 19.1. The SMILES string of the molecule is N#Cc1cc2c(nc1N1CCC(F)(CNC(=O)C3CC3)CC1)CCOC2. The summed E-state index contributed by atoms with van der Waals surface area (Å²) in [7, 11) is 0. The first kappa shape index (κ1) is 17.2. The average Bonchev–Trinajstić information content (AvgIpc) is 3.51. The van der Waals surface area contributed by atoms with E-state index in [-0.39, 0.29) is 18.4 Å². The predicted octanol–water partition coefficient (Wildman–Crippen LogP) is 1.86. The van der Waals surface area contributed by atoms with Gasteiger partial charge < -0.3 is 15.0 Å². The van der Waals surface area contributed by atoms with E-state index in [1.165, 1.54) is 0 Å². The number of rotatable bonds is 4. The fraction of sp³-hybridized carbons (Fsp3) is 0.632. The summed E-state index contributed by atoms with van der Waals surface area (Å²) < 4.78 is 20.4. The van der Waals surface area contributed by atoms with E-state index in [2.05, 4.69) is 11.4 Å². The first-order chi connectivity index (χ1) is 12.6. The number of aromatic nitrogens is 1. The Kier molecular flexibility index (Phi) is 4.53. The number of hydrogen-bond acceptors (Lipinski definition) is 5. The van der Waals surface area contributed by atoms with Gasteiger partial charge in [0.25, 0.3) is 0 Å². The Hall–Kier alpha value is -2.20. The maximum absolute atomic E-state index is 15.0. The van der Waals surface area contributed by atoms with Gasteiger partial charge in [0.2, 0.25) is 5.91 Å². The molecule has 1 amide bonds. The molecule has 1 saturated carbocycles. The summed E-state index contributed by atoms with van der Waals surface area (Å²) in [5, 5.41) is 12.2. The van der Waals surface area contributed by atoms with Crippen molar-refractivity contribution in [2.75, 3.05) is 31.1 Å². The maximum Gasteiger partial charge on any atom is 0.223 e. The Morgan fingerprint density at radius 2 is 2.23 bits per heavy atom. The Labute approximate surface area is 152 Å². The monoisotopic (exact) mass is 358 g/mol. The number of halogens is 1. The van der Waals surface area contributed by atoms with Gasteiger partial charge in [-0.2, -0.15) is 5.26 Å². The fourth-order valence-electron chi connectivity index (χ4n) is 3.63. The summed E-state index contributed by atoms with van der Waals surface area (Å²) in [5.41, 5.74) is 1.08. The van der Waals surface area contributed by atoms with Crippen molar-refractivity contribution in [3.63, 3.8) is 0 Å². The van der Waals surface area contributed by atoms with Crippen LogP contribution in [0.4, 0.5) is 10.2 Å². The molecule has 26 heavy (non-hydrogen) atoms. The first-order valence-electron chi connectivity index (χ1n) is 9.30. The highest BCUT2D eigenvalue weighted by Crippen LogP contribution is 2.32. The van der Waals surface area contributed by atoms with Crippen LogP contribution in [0.1, 0.15) is 42.5 Å². The van der Waals surface area contributed by atoms with Crippen molar-refractivity contribution in [1.29, 1.82) is 5.26 Å². The van der Waals surface area contributed by atoms with Gasteiger partial charge in [-0.05, 0) is 18.9 Å². The Morgan fingerprint density at radius 1 is 1.46 bits per heavy atom. The minimum absolute atomic E-state index is 0.0187. The molecule has 0 bridgehead atoms. The van der Waals surface area contributed by atoms with Gasteiger partial charge in [0.1, 0.15) is 17.6 Å². The molecule has 3 heterocycles. The number of nitrogens with one attached hydrogen (secondary N) is 1. The number of anilines is 1. The summed E-state index contributed by atoms with van der Waals surface area (Å²) >= 11 is 0.